The number of benzene rings is 11. The lowest BCUT2D eigenvalue weighted by Gasteiger charge is -2.27. The molecule has 0 bridgehead atoms. The van der Waals surface area contributed by atoms with Crippen LogP contribution >= 0.6 is 0 Å². The molecule has 0 aliphatic rings. The third-order valence-corrected chi connectivity index (χ3v) is 12.3. The van der Waals surface area contributed by atoms with Gasteiger partial charge in [0.2, 0.25) is 0 Å². The molecular formula is C62H43N. The van der Waals surface area contributed by atoms with Gasteiger partial charge in [0.1, 0.15) is 0 Å². The maximum Gasteiger partial charge on any atom is 0.0467 e. The Bertz CT molecular complexity index is 3380. The monoisotopic (exact) mass is 801 g/mol. The van der Waals surface area contributed by atoms with E-state index in [2.05, 4.69) is 266 Å². The molecule has 0 radical (unpaired) electrons. The molecule has 11 rings (SSSR count). The molecule has 0 fully saturated rings. The Morgan fingerprint density at radius 1 is 0.190 bits per heavy atom. The van der Waals surface area contributed by atoms with Crippen LogP contribution in [0, 0.1) is 0 Å². The van der Waals surface area contributed by atoms with Crippen molar-refractivity contribution in [1.82, 2.24) is 0 Å². The van der Waals surface area contributed by atoms with Gasteiger partial charge in [-0.2, -0.15) is 0 Å². The number of rotatable bonds is 9. The second kappa shape index (κ2) is 16.7. The van der Waals surface area contributed by atoms with Gasteiger partial charge >= 0.3 is 0 Å². The van der Waals surface area contributed by atoms with Crippen molar-refractivity contribution < 1.29 is 0 Å². The van der Waals surface area contributed by atoms with Gasteiger partial charge in [0.15, 0.2) is 0 Å². The number of anilines is 3. The molecule has 296 valence electrons. The summed E-state index contributed by atoms with van der Waals surface area (Å²) in [6.07, 6.45) is 0. The van der Waals surface area contributed by atoms with Gasteiger partial charge < -0.3 is 4.90 Å². The van der Waals surface area contributed by atoms with Gasteiger partial charge in [-0.3, -0.25) is 0 Å². The van der Waals surface area contributed by atoms with Gasteiger partial charge in [-0.25, -0.2) is 0 Å². The molecule has 0 aliphatic heterocycles. The van der Waals surface area contributed by atoms with Crippen LogP contribution < -0.4 is 4.90 Å². The zero-order valence-corrected chi connectivity index (χ0v) is 34.8. The second-order valence-electron chi connectivity index (χ2n) is 16.1. The predicted octanol–water partition coefficient (Wildman–Crippen LogP) is 17.5. The molecule has 0 saturated carbocycles. The molecular weight excluding hydrogens is 759 g/mol. The van der Waals surface area contributed by atoms with Crippen LogP contribution in [-0.2, 0) is 0 Å². The Labute approximate surface area is 369 Å². The van der Waals surface area contributed by atoms with E-state index in [4.69, 9.17) is 0 Å². The summed E-state index contributed by atoms with van der Waals surface area (Å²) < 4.78 is 0. The highest BCUT2D eigenvalue weighted by molar-refractivity contribution is 5.99. The van der Waals surface area contributed by atoms with Crippen LogP contribution in [0.25, 0.3) is 88.3 Å². The SMILES string of the molecule is c1ccc(-c2ccccc2-c2ccccc2-c2ccccc2-c2ccc(N(c3ccc(-c4ccc5ccccc5c4)cc3)c3cccc(-c4cccc5ccccc45)c3)cc2)cc1. The van der Waals surface area contributed by atoms with Gasteiger partial charge in [-0.15, -0.1) is 0 Å². The van der Waals surface area contributed by atoms with Gasteiger partial charge in [-0.1, -0.05) is 218 Å². The summed E-state index contributed by atoms with van der Waals surface area (Å²) in [5.41, 5.74) is 17.7. The van der Waals surface area contributed by atoms with E-state index in [0.29, 0.717) is 0 Å². The molecule has 0 amide bonds. The molecule has 0 heterocycles. The normalized spacial score (nSPS) is 11.2. The van der Waals surface area contributed by atoms with Crippen molar-refractivity contribution in [1.29, 1.82) is 0 Å². The first-order chi connectivity index (χ1) is 31.2. The molecule has 0 aliphatic carbocycles. The van der Waals surface area contributed by atoms with E-state index in [1.54, 1.807) is 0 Å². The van der Waals surface area contributed by atoms with Crippen molar-refractivity contribution in [3.63, 3.8) is 0 Å². The summed E-state index contributed by atoms with van der Waals surface area (Å²) >= 11 is 0. The lowest BCUT2D eigenvalue weighted by molar-refractivity contribution is 1.28. The van der Waals surface area contributed by atoms with E-state index < -0.39 is 0 Å². The largest absolute Gasteiger partial charge is 0.310 e. The minimum absolute atomic E-state index is 1.09. The van der Waals surface area contributed by atoms with Crippen molar-refractivity contribution in [2.75, 3.05) is 4.90 Å². The molecule has 0 saturated heterocycles. The van der Waals surface area contributed by atoms with Gasteiger partial charge in [0.05, 0.1) is 0 Å². The second-order valence-corrected chi connectivity index (χ2v) is 16.1. The Morgan fingerprint density at radius 2 is 0.619 bits per heavy atom. The molecule has 1 heteroatoms. The number of hydrogen-bond acceptors (Lipinski definition) is 1. The van der Waals surface area contributed by atoms with E-state index in [1.807, 2.05) is 0 Å². The molecule has 63 heavy (non-hydrogen) atoms. The molecule has 11 aromatic carbocycles. The van der Waals surface area contributed by atoms with Crippen molar-refractivity contribution in [2.45, 2.75) is 0 Å². The highest BCUT2D eigenvalue weighted by Crippen LogP contribution is 2.43. The minimum atomic E-state index is 1.09. The Hall–Kier alpha value is -8.26. The summed E-state index contributed by atoms with van der Waals surface area (Å²) in [5, 5.41) is 4.98. The molecule has 0 N–H and O–H groups in total. The summed E-state index contributed by atoms with van der Waals surface area (Å²) in [4.78, 5) is 2.38. The van der Waals surface area contributed by atoms with Crippen molar-refractivity contribution >= 4 is 38.6 Å². The first-order valence-electron chi connectivity index (χ1n) is 21.7. The molecule has 0 spiro atoms. The molecule has 0 atom stereocenters. The summed E-state index contributed by atoms with van der Waals surface area (Å²) in [6, 6.07) is 94.6. The molecule has 1 nitrogen and oxygen atoms in total. The lowest BCUT2D eigenvalue weighted by atomic mass is 9.87. The minimum Gasteiger partial charge on any atom is -0.310 e. The fourth-order valence-electron chi connectivity index (χ4n) is 9.21. The third-order valence-electron chi connectivity index (χ3n) is 12.3. The van der Waals surface area contributed by atoms with Crippen molar-refractivity contribution in [3.8, 4) is 66.8 Å². The van der Waals surface area contributed by atoms with Crippen molar-refractivity contribution in [2.24, 2.45) is 0 Å². The van der Waals surface area contributed by atoms with E-state index in [0.717, 1.165) is 22.6 Å². The van der Waals surface area contributed by atoms with Crippen molar-refractivity contribution in [3.05, 3.63) is 261 Å². The topological polar surface area (TPSA) is 3.24 Å². The first kappa shape index (κ1) is 37.7. The highest BCUT2D eigenvalue weighted by Gasteiger charge is 2.18. The van der Waals surface area contributed by atoms with Gasteiger partial charge in [0.25, 0.3) is 0 Å². The Balaban J connectivity index is 0.999. The number of hydrogen-bond donors (Lipinski definition) is 0. The Morgan fingerprint density at radius 3 is 1.27 bits per heavy atom. The summed E-state index contributed by atoms with van der Waals surface area (Å²) in [7, 11) is 0. The quantitative estimate of drug-likeness (QED) is 0.141. The maximum absolute atomic E-state index is 2.38. The van der Waals surface area contributed by atoms with Crippen LogP contribution in [0.3, 0.4) is 0 Å². The number of fused-ring (bicyclic) bond motifs is 2. The summed E-state index contributed by atoms with van der Waals surface area (Å²) in [5.74, 6) is 0. The van der Waals surface area contributed by atoms with Crippen LogP contribution in [0.4, 0.5) is 17.1 Å². The average molecular weight is 802 g/mol. The fourth-order valence-corrected chi connectivity index (χ4v) is 9.21. The van der Waals surface area contributed by atoms with Crippen LogP contribution in [0.2, 0.25) is 0 Å². The first-order valence-corrected chi connectivity index (χ1v) is 21.7. The molecule has 11 aromatic rings. The number of nitrogens with zero attached hydrogens (tertiary/aromatic N) is 1. The zero-order chi connectivity index (χ0) is 42.0. The summed E-state index contributed by atoms with van der Waals surface area (Å²) in [6.45, 7) is 0. The highest BCUT2D eigenvalue weighted by atomic mass is 15.1. The van der Waals surface area contributed by atoms with E-state index >= 15 is 0 Å². The predicted molar refractivity (Wildman–Crippen MR) is 269 cm³/mol. The van der Waals surface area contributed by atoms with Crippen LogP contribution in [-0.4, -0.2) is 0 Å². The Kier molecular flexibility index (Phi) is 9.97. The average Bonchev–Trinajstić information content (AvgIpc) is 3.37. The maximum atomic E-state index is 2.38. The fraction of sp³-hybridized carbons (Fsp3) is 0. The third kappa shape index (κ3) is 7.37. The lowest BCUT2D eigenvalue weighted by Crippen LogP contribution is -2.10. The standard InChI is InChI=1S/C62H43N/c1-2-17-46(18-3-1)56-25-8-10-27-59(56)61-29-12-13-30-62(61)60-28-11-9-26-57(60)48-36-40-53(41-37-48)63(52-38-34-45(35-39-52)50-33-32-44-16-4-5-20-49(44)42-50)54-23-14-22-51(43-54)58-31-15-21-47-19-6-7-24-55(47)58/h1-43H. The molecule has 0 aromatic heterocycles. The van der Waals surface area contributed by atoms with Crippen LogP contribution in [0.5, 0.6) is 0 Å². The molecule has 0 unspecified atom stereocenters. The zero-order valence-electron chi connectivity index (χ0n) is 34.8. The van der Waals surface area contributed by atoms with E-state index in [-0.39, 0.29) is 0 Å². The van der Waals surface area contributed by atoms with E-state index in [1.165, 1.54) is 82.7 Å². The smallest absolute Gasteiger partial charge is 0.0467 e. The van der Waals surface area contributed by atoms with Crippen LogP contribution in [0.15, 0.2) is 261 Å². The van der Waals surface area contributed by atoms with E-state index in [9.17, 15) is 0 Å². The van der Waals surface area contributed by atoms with Crippen LogP contribution in [0.1, 0.15) is 0 Å². The van der Waals surface area contributed by atoms with Gasteiger partial charge in [0, 0.05) is 17.1 Å². The van der Waals surface area contributed by atoms with Gasteiger partial charge in [-0.05, 0) is 131 Å².